The van der Waals surface area contributed by atoms with Crippen LogP contribution < -0.4 is 0 Å². The van der Waals surface area contributed by atoms with Crippen molar-refractivity contribution in [3.05, 3.63) is 0 Å². The lowest BCUT2D eigenvalue weighted by atomic mass is 9.75. The predicted molar refractivity (Wildman–Crippen MR) is 64.9 cm³/mol. The minimum Gasteiger partial charge on any atom is -0.450 e. The quantitative estimate of drug-likeness (QED) is 0.627. The van der Waals surface area contributed by atoms with Crippen LogP contribution in [0.5, 0.6) is 0 Å². The van der Waals surface area contributed by atoms with Gasteiger partial charge < -0.3 is 19.3 Å². The molecule has 0 radical (unpaired) electrons. The summed E-state index contributed by atoms with van der Waals surface area (Å²) >= 11 is 0. The van der Waals surface area contributed by atoms with Gasteiger partial charge in [0.25, 0.3) is 0 Å². The van der Waals surface area contributed by atoms with E-state index in [-0.39, 0.29) is 6.10 Å². The highest BCUT2D eigenvalue weighted by Crippen LogP contribution is 2.47. The molecule has 4 aliphatic rings. The predicted octanol–water partition coefficient (Wildman–Crippen LogP) is 2.18. The molecule has 5 heteroatoms. The van der Waals surface area contributed by atoms with Crippen LogP contribution in [0.2, 0.25) is 0 Å². The lowest BCUT2D eigenvalue weighted by molar-refractivity contribution is -0.0212. The molecule has 0 amide bonds. The molecule has 2 aliphatic carbocycles. The molecule has 0 aromatic rings. The normalized spacial score (nSPS) is 48.6. The van der Waals surface area contributed by atoms with Crippen molar-refractivity contribution in [2.24, 2.45) is 11.8 Å². The minimum atomic E-state index is -1.14. The van der Waals surface area contributed by atoms with Crippen molar-refractivity contribution >= 4 is 6.16 Å². The molecule has 106 valence electrons. The highest BCUT2D eigenvalue weighted by Gasteiger charge is 2.51. The summed E-state index contributed by atoms with van der Waals surface area (Å²) in [5, 5.41) is 9.01. The van der Waals surface area contributed by atoms with Gasteiger partial charge in [-0.25, -0.2) is 4.79 Å². The third kappa shape index (κ3) is 2.34. The van der Waals surface area contributed by atoms with E-state index in [4.69, 9.17) is 19.3 Å². The summed E-state index contributed by atoms with van der Waals surface area (Å²) in [5.74, 6) is 0.667. The van der Waals surface area contributed by atoms with Crippen LogP contribution in [-0.4, -0.2) is 41.8 Å². The van der Waals surface area contributed by atoms with E-state index in [1.54, 1.807) is 0 Å². The second-order valence-corrected chi connectivity index (χ2v) is 6.42. The molecule has 0 aromatic carbocycles. The molecule has 6 unspecified atom stereocenters. The maximum absolute atomic E-state index is 11.0. The van der Waals surface area contributed by atoms with Gasteiger partial charge in [0, 0.05) is 0 Å². The van der Waals surface area contributed by atoms with E-state index in [1.807, 2.05) is 0 Å². The van der Waals surface area contributed by atoms with Gasteiger partial charge in [-0.1, -0.05) is 0 Å². The number of hydrogen-bond donors (Lipinski definition) is 1. The van der Waals surface area contributed by atoms with Gasteiger partial charge in [0.2, 0.25) is 0 Å². The molecule has 6 atom stereocenters. The first-order valence-corrected chi connectivity index (χ1v) is 7.41. The Labute approximate surface area is 112 Å². The zero-order valence-corrected chi connectivity index (χ0v) is 10.9. The number of fused-ring (bicyclic) bond motifs is 2. The van der Waals surface area contributed by atoms with Crippen molar-refractivity contribution in [3.8, 4) is 0 Å². The summed E-state index contributed by atoms with van der Waals surface area (Å²) in [4.78, 5) is 11.0. The number of epoxide rings is 2. The fraction of sp³-hybridized carbons (Fsp3) is 0.929. The fourth-order valence-electron chi connectivity index (χ4n) is 4.16. The first-order valence-electron chi connectivity index (χ1n) is 7.41. The van der Waals surface area contributed by atoms with E-state index in [0.717, 1.165) is 38.5 Å². The van der Waals surface area contributed by atoms with Gasteiger partial charge in [-0.05, 0) is 50.4 Å². The topological polar surface area (TPSA) is 71.6 Å². The molecule has 2 heterocycles. The van der Waals surface area contributed by atoms with Crippen molar-refractivity contribution in [3.63, 3.8) is 0 Å². The largest absolute Gasteiger partial charge is 0.506 e. The van der Waals surface area contributed by atoms with Crippen molar-refractivity contribution in [1.82, 2.24) is 0 Å². The van der Waals surface area contributed by atoms with Gasteiger partial charge in [-0.15, -0.1) is 0 Å². The molecule has 5 nitrogen and oxygen atoms in total. The van der Waals surface area contributed by atoms with E-state index in [0.29, 0.717) is 36.3 Å². The van der Waals surface area contributed by atoms with E-state index >= 15 is 0 Å². The molecule has 1 N–H and O–H groups in total. The molecule has 2 saturated heterocycles. The molecule has 19 heavy (non-hydrogen) atoms. The Kier molecular flexibility index (Phi) is 2.74. The van der Waals surface area contributed by atoms with E-state index < -0.39 is 6.16 Å². The summed E-state index contributed by atoms with van der Waals surface area (Å²) in [6.07, 6.45) is 6.45. The Bertz CT molecular complexity index is 356. The van der Waals surface area contributed by atoms with Crippen LogP contribution in [0.3, 0.4) is 0 Å². The van der Waals surface area contributed by atoms with Gasteiger partial charge in [0.15, 0.2) is 0 Å². The molecule has 4 fully saturated rings. The maximum atomic E-state index is 11.0. The van der Waals surface area contributed by atoms with Gasteiger partial charge >= 0.3 is 6.16 Å². The molecular weight excluding hydrogens is 248 g/mol. The summed E-state index contributed by atoms with van der Waals surface area (Å²) in [6.45, 7) is 0. The first kappa shape index (κ1) is 12.0. The smallest absolute Gasteiger partial charge is 0.450 e. The maximum Gasteiger partial charge on any atom is 0.506 e. The van der Waals surface area contributed by atoms with Gasteiger partial charge in [-0.2, -0.15) is 0 Å². The number of hydrogen-bond acceptors (Lipinski definition) is 4. The van der Waals surface area contributed by atoms with Crippen LogP contribution in [0.4, 0.5) is 4.79 Å². The second-order valence-electron chi connectivity index (χ2n) is 6.42. The monoisotopic (exact) mass is 268 g/mol. The third-order valence-electron chi connectivity index (χ3n) is 5.26. The van der Waals surface area contributed by atoms with E-state index in [2.05, 4.69) is 0 Å². The average molecular weight is 268 g/mol. The standard InChI is InChI=1S/C14H20O5/c15-14(16)19-13(7-1-3-9-11(5-7)17-9)8-2-4-10-12(6-8)18-10/h7-13H,1-6H2,(H,15,16). The Morgan fingerprint density at radius 1 is 0.947 bits per heavy atom. The van der Waals surface area contributed by atoms with Crippen molar-refractivity contribution in [1.29, 1.82) is 0 Å². The fourth-order valence-corrected chi connectivity index (χ4v) is 4.16. The molecule has 2 saturated carbocycles. The lowest BCUT2D eigenvalue weighted by Gasteiger charge is -2.34. The zero-order chi connectivity index (χ0) is 13.0. The molecule has 4 rings (SSSR count). The van der Waals surface area contributed by atoms with E-state index in [9.17, 15) is 4.79 Å². The van der Waals surface area contributed by atoms with E-state index in [1.165, 1.54) is 0 Å². The van der Waals surface area contributed by atoms with Crippen LogP contribution >= 0.6 is 0 Å². The molecule has 0 spiro atoms. The van der Waals surface area contributed by atoms with Crippen LogP contribution in [-0.2, 0) is 14.2 Å². The summed E-state index contributed by atoms with van der Waals surface area (Å²) in [5.41, 5.74) is 0. The molecule has 2 aliphatic heterocycles. The summed E-state index contributed by atoms with van der Waals surface area (Å²) < 4.78 is 16.4. The number of carboxylic acid groups (broad SMARTS) is 1. The Balaban J connectivity index is 1.45. The van der Waals surface area contributed by atoms with Gasteiger partial charge in [0.05, 0.1) is 24.4 Å². The summed E-state index contributed by atoms with van der Waals surface area (Å²) in [7, 11) is 0. The van der Waals surface area contributed by atoms with Crippen LogP contribution in [0, 0.1) is 11.8 Å². The minimum absolute atomic E-state index is 0.159. The van der Waals surface area contributed by atoms with Crippen LogP contribution in [0.1, 0.15) is 38.5 Å². The molecular formula is C14H20O5. The molecule has 0 bridgehead atoms. The summed E-state index contributed by atoms with van der Waals surface area (Å²) in [6, 6.07) is 0. The zero-order valence-electron chi connectivity index (χ0n) is 10.9. The number of carbonyl (C=O) groups is 1. The highest BCUT2D eigenvalue weighted by molar-refractivity contribution is 5.57. The number of rotatable bonds is 3. The SMILES string of the molecule is O=C(O)OC(C1CCC2OC2C1)C1CCC2OC2C1. The van der Waals surface area contributed by atoms with Crippen LogP contribution in [0.25, 0.3) is 0 Å². The lowest BCUT2D eigenvalue weighted by Crippen LogP contribution is -2.38. The van der Waals surface area contributed by atoms with Crippen molar-refractivity contribution in [2.45, 2.75) is 69.0 Å². The third-order valence-corrected chi connectivity index (χ3v) is 5.26. The molecule has 0 aromatic heterocycles. The highest BCUT2D eigenvalue weighted by atomic mass is 16.7. The van der Waals surface area contributed by atoms with Crippen molar-refractivity contribution < 1.29 is 24.1 Å². The van der Waals surface area contributed by atoms with Crippen molar-refractivity contribution in [2.75, 3.05) is 0 Å². The second kappa shape index (κ2) is 4.35. The van der Waals surface area contributed by atoms with Crippen LogP contribution in [0.15, 0.2) is 0 Å². The number of ether oxygens (including phenoxy) is 3. The average Bonchev–Trinajstić information content (AvgIpc) is 3.27. The Morgan fingerprint density at radius 2 is 1.47 bits per heavy atom. The first-order chi connectivity index (χ1) is 9.20. The Morgan fingerprint density at radius 3 is 1.89 bits per heavy atom. The Hall–Kier alpha value is -0.810. The van der Waals surface area contributed by atoms with Gasteiger partial charge in [-0.3, -0.25) is 0 Å². The van der Waals surface area contributed by atoms with Gasteiger partial charge in [0.1, 0.15) is 6.10 Å².